The molecule has 1 N–H and O–H groups in total. The summed E-state index contributed by atoms with van der Waals surface area (Å²) in [5.41, 5.74) is 1.09. The number of aryl methyl sites for hydroxylation is 1. The molecule has 0 unspecified atom stereocenters. The number of hydrogen-bond acceptors (Lipinski definition) is 3. The Labute approximate surface area is 118 Å². The second-order valence-electron chi connectivity index (χ2n) is 4.42. The van der Waals surface area contributed by atoms with Gasteiger partial charge in [0.05, 0.1) is 4.90 Å². The summed E-state index contributed by atoms with van der Waals surface area (Å²) >= 11 is 0. The van der Waals surface area contributed by atoms with Gasteiger partial charge in [0.15, 0.2) is 0 Å². The summed E-state index contributed by atoms with van der Waals surface area (Å²) in [5.74, 6) is -0.0809. The molecule has 0 saturated carbocycles. The average molecular weight is 304 g/mol. The number of rotatable bonds is 5. The minimum absolute atomic E-state index is 0.0308. The topological polar surface area (TPSA) is 63.2 Å². The zero-order valence-corrected chi connectivity index (χ0v) is 12.8. The molecular weight excluding hydrogens is 286 g/mol. The average Bonchev–Trinajstić information content (AvgIpc) is 2.28. The standard InChI is InChI=1S/C13H18ClNO3S/c1-4-10(5-2)13(16)15-11-6-7-12(9(3)8-11)19(14,17)18/h6-8,10H,4-5H2,1-3H3,(H,15,16). The number of halogens is 1. The largest absolute Gasteiger partial charge is 0.326 e. The Balaban J connectivity index is 2.94. The van der Waals surface area contributed by atoms with Crippen molar-refractivity contribution >= 4 is 31.3 Å². The van der Waals surface area contributed by atoms with Crippen molar-refractivity contribution in [2.24, 2.45) is 5.92 Å². The molecule has 1 aromatic rings. The summed E-state index contributed by atoms with van der Waals surface area (Å²) in [6.45, 7) is 5.56. The zero-order chi connectivity index (χ0) is 14.6. The number of carbonyl (C=O) groups is 1. The predicted molar refractivity (Wildman–Crippen MR) is 76.9 cm³/mol. The van der Waals surface area contributed by atoms with Crippen LogP contribution in [0.3, 0.4) is 0 Å². The van der Waals surface area contributed by atoms with E-state index in [-0.39, 0.29) is 16.7 Å². The first-order valence-corrected chi connectivity index (χ1v) is 8.46. The molecule has 0 atom stereocenters. The van der Waals surface area contributed by atoms with Crippen molar-refractivity contribution in [1.82, 2.24) is 0 Å². The summed E-state index contributed by atoms with van der Waals surface area (Å²) in [5, 5.41) is 2.79. The number of amides is 1. The van der Waals surface area contributed by atoms with Crippen molar-refractivity contribution in [3.05, 3.63) is 23.8 Å². The molecule has 0 spiro atoms. The number of carbonyl (C=O) groups excluding carboxylic acids is 1. The molecule has 4 nitrogen and oxygen atoms in total. The van der Waals surface area contributed by atoms with Gasteiger partial charge in [-0.1, -0.05) is 13.8 Å². The van der Waals surface area contributed by atoms with Crippen LogP contribution < -0.4 is 5.32 Å². The SMILES string of the molecule is CCC(CC)C(=O)Nc1ccc(S(=O)(=O)Cl)c(C)c1. The van der Waals surface area contributed by atoms with Crippen LogP contribution in [0.1, 0.15) is 32.3 Å². The molecule has 0 radical (unpaired) electrons. The van der Waals surface area contributed by atoms with E-state index in [0.29, 0.717) is 11.3 Å². The Bertz CT molecular complexity index is 565. The molecule has 1 aromatic carbocycles. The normalized spacial score (nSPS) is 11.6. The van der Waals surface area contributed by atoms with Crippen LogP contribution in [0.15, 0.2) is 23.1 Å². The van der Waals surface area contributed by atoms with Crippen molar-refractivity contribution in [1.29, 1.82) is 0 Å². The van der Waals surface area contributed by atoms with E-state index >= 15 is 0 Å². The molecule has 106 valence electrons. The Hall–Kier alpha value is -1.07. The molecule has 0 saturated heterocycles. The van der Waals surface area contributed by atoms with E-state index in [4.69, 9.17) is 10.7 Å². The van der Waals surface area contributed by atoms with Crippen LogP contribution in [-0.2, 0) is 13.8 Å². The highest BCUT2D eigenvalue weighted by Crippen LogP contribution is 2.23. The Morgan fingerprint density at radius 2 is 1.89 bits per heavy atom. The summed E-state index contributed by atoms with van der Waals surface area (Å²) < 4.78 is 22.5. The Morgan fingerprint density at radius 1 is 1.32 bits per heavy atom. The third kappa shape index (κ3) is 4.21. The lowest BCUT2D eigenvalue weighted by Crippen LogP contribution is -2.21. The van der Waals surface area contributed by atoms with Crippen molar-refractivity contribution in [2.75, 3.05) is 5.32 Å². The number of nitrogens with one attached hydrogen (secondary N) is 1. The van der Waals surface area contributed by atoms with Crippen LogP contribution in [0.2, 0.25) is 0 Å². The maximum absolute atomic E-state index is 11.9. The highest BCUT2D eigenvalue weighted by atomic mass is 35.7. The van der Waals surface area contributed by atoms with E-state index < -0.39 is 9.05 Å². The van der Waals surface area contributed by atoms with Gasteiger partial charge in [-0.2, -0.15) is 0 Å². The van der Waals surface area contributed by atoms with Crippen molar-refractivity contribution in [2.45, 2.75) is 38.5 Å². The van der Waals surface area contributed by atoms with E-state index in [1.807, 2.05) is 13.8 Å². The predicted octanol–water partition coefficient (Wildman–Crippen LogP) is 3.30. The Morgan fingerprint density at radius 3 is 2.32 bits per heavy atom. The van der Waals surface area contributed by atoms with Gasteiger partial charge < -0.3 is 5.32 Å². The molecule has 0 aromatic heterocycles. The van der Waals surface area contributed by atoms with E-state index in [2.05, 4.69) is 5.32 Å². The molecule has 0 bridgehead atoms. The number of anilines is 1. The Kier molecular flexibility index (Phi) is 5.38. The third-order valence-corrected chi connectivity index (χ3v) is 4.54. The van der Waals surface area contributed by atoms with E-state index in [1.54, 1.807) is 19.1 Å². The fourth-order valence-corrected chi connectivity index (χ4v) is 3.10. The van der Waals surface area contributed by atoms with Crippen molar-refractivity contribution in [3.8, 4) is 0 Å². The second-order valence-corrected chi connectivity index (χ2v) is 6.96. The third-order valence-electron chi connectivity index (χ3n) is 3.06. The first kappa shape index (κ1) is 16.0. The van der Waals surface area contributed by atoms with Gasteiger partial charge in [0.1, 0.15) is 0 Å². The van der Waals surface area contributed by atoms with Gasteiger partial charge in [-0.15, -0.1) is 0 Å². The molecule has 19 heavy (non-hydrogen) atoms. The van der Waals surface area contributed by atoms with Crippen LogP contribution in [0, 0.1) is 12.8 Å². The lowest BCUT2D eigenvalue weighted by atomic mass is 10.0. The molecule has 1 rings (SSSR count). The van der Waals surface area contributed by atoms with Gasteiger partial charge in [0, 0.05) is 22.3 Å². The molecule has 0 heterocycles. The van der Waals surface area contributed by atoms with Crippen molar-refractivity contribution < 1.29 is 13.2 Å². The second kappa shape index (κ2) is 6.39. The fourth-order valence-electron chi connectivity index (χ4n) is 1.90. The molecule has 0 aliphatic heterocycles. The highest BCUT2D eigenvalue weighted by molar-refractivity contribution is 8.13. The number of hydrogen-bond donors (Lipinski definition) is 1. The smallest absolute Gasteiger partial charge is 0.261 e. The van der Waals surface area contributed by atoms with Gasteiger partial charge in [0.25, 0.3) is 9.05 Å². The lowest BCUT2D eigenvalue weighted by Gasteiger charge is -2.13. The van der Waals surface area contributed by atoms with Crippen molar-refractivity contribution in [3.63, 3.8) is 0 Å². The fraction of sp³-hybridized carbons (Fsp3) is 0.462. The van der Waals surface area contributed by atoms with Gasteiger partial charge >= 0.3 is 0 Å². The quantitative estimate of drug-likeness (QED) is 0.849. The van der Waals surface area contributed by atoms with Crippen LogP contribution >= 0.6 is 10.7 Å². The van der Waals surface area contributed by atoms with E-state index in [1.165, 1.54) is 6.07 Å². The van der Waals surface area contributed by atoms with Gasteiger partial charge in [0.2, 0.25) is 5.91 Å². The van der Waals surface area contributed by atoms with Gasteiger partial charge in [-0.05, 0) is 43.5 Å². The van der Waals surface area contributed by atoms with E-state index in [0.717, 1.165) is 12.8 Å². The van der Waals surface area contributed by atoms with Crippen LogP contribution in [0.25, 0.3) is 0 Å². The van der Waals surface area contributed by atoms with E-state index in [9.17, 15) is 13.2 Å². The molecule has 6 heteroatoms. The minimum atomic E-state index is -3.74. The van der Waals surface area contributed by atoms with Gasteiger partial charge in [-0.25, -0.2) is 8.42 Å². The van der Waals surface area contributed by atoms with Crippen LogP contribution in [-0.4, -0.2) is 14.3 Å². The lowest BCUT2D eigenvalue weighted by molar-refractivity contribution is -0.120. The first-order valence-electron chi connectivity index (χ1n) is 6.15. The molecule has 0 aliphatic carbocycles. The van der Waals surface area contributed by atoms with Gasteiger partial charge in [-0.3, -0.25) is 4.79 Å². The van der Waals surface area contributed by atoms with Crippen LogP contribution in [0.5, 0.6) is 0 Å². The van der Waals surface area contributed by atoms with Crippen LogP contribution in [0.4, 0.5) is 5.69 Å². The maximum Gasteiger partial charge on any atom is 0.261 e. The summed E-state index contributed by atoms with van der Waals surface area (Å²) in [6.07, 6.45) is 1.55. The molecule has 0 fully saturated rings. The highest BCUT2D eigenvalue weighted by Gasteiger charge is 2.16. The molecule has 1 amide bonds. The monoisotopic (exact) mass is 303 g/mol. The molecular formula is C13H18ClNO3S. The number of benzene rings is 1. The summed E-state index contributed by atoms with van der Waals surface area (Å²) in [6, 6.07) is 4.55. The minimum Gasteiger partial charge on any atom is -0.326 e. The first-order chi connectivity index (χ1) is 8.79. The molecule has 0 aliphatic rings. The summed E-state index contributed by atoms with van der Waals surface area (Å²) in [4.78, 5) is 12.0. The maximum atomic E-state index is 11.9. The zero-order valence-electron chi connectivity index (χ0n) is 11.2. The summed E-state index contributed by atoms with van der Waals surface area (Å²) in [7, 11) is 1.56.